The Morgan fingerprint density at radius 1 is 1.22 bits per heavy atom. The van der Waals surface area contributed by atoms with E-state index in [0.29, 0.717) is 25.1 Å². The molecule has 0 spiro atoms. The van der Waals surface area contributed by atoms with E-state index in [4.69, 9.17) is 4.74 Å². The molecule has 1 amide bonds. The predicted octanol–water partition coefficient (Wildman–Crippen LogP) is 2.21. The predicted molar refractivity (Wildman–Crippen MR) is 119 cm³/mol. The quantitative estimate of drug-likeness (QED) is 0.505. The molecule has 1 saturated heterocycles. The van der Waals surface area contributed by atoms with E-state index in [1.165, 1.54) is 0 Å². The van der Waals surface area contributed by atoms with Gasteiger partial charge in [-0.1, -0.05) is 24.3 Å². The molecule has 1 aromatic carbocycles. The first kappa shape index (κ1) is 20.4. The number of carbonyl (C=O) groups is 1. The number of rotatable bonds is 5. The summed E-state index contributed by atoms with van der Waals surface area (Å²) in [4.78, 5) is 13.0. The lowest BCUT2D eigenvalue weighted by Crippen LogP contribution is -2.48. The normalized spacial score (nSPS) is 18.7. The fourth-order valence-electron chi connectivity index (χ4n) is 4.15. The van der Waals surface area contributed by atoms with Crippen LogP contribution in [0.2, 0.25) is 0 Å². The first-order valence-corrected chi connectivity index (χ1v) is 10.7. The fraction of sp³-hybridized carbons (Fsp3) is 0.292. The van der Waals surface area contributed by atoms with Gasteiger partial charge in [0.15, 0.2) is 0 Å². The van der Waals surface area contributed by atoms with E-state index in [-0.39, 0.29) is 18.6 Å². The van der Waals surface area contributed by atoms with Crippen LogP contribution in [-0.2, 0) is 18.2 Å². The third-order valence-corrected chi connectivity index (χ3v) is 5.88. The number of hydrogen-bond donors (Lipinski definition) is 2. The van der Waals surface area contributed by atoms with Crippen molar-refractivity contribution in [3.63, 3.8) is 0 Å². The highest BCUT2D eigenvalue weighted by Gasteiger charge is 2.27. The lowest BCUT2D eigenvalue weighted by Gasteiger charge is -2.28. The van der Waals surface area contributed by atoms with Crippen molar-refractivity contribution in [2.24, 2.45) is 7.05 Å². The number of nitrogens with zero attached hydrogens (tertiary/aromatic N) is 4. The van der Waals surface area contributed by atoms with Crippen LogP contribution in [0.25, 0.3) is 16.6 Å². The number of aromatic nitrogens is 4. The lowest BCUT2D eigenvalue weighted by atomic mass is 10.0. The topological polar surface area (TPSA) is 93.7 Å². The first-order valence-electron chi connectivity index (χ1n) is 10.7. The van der Waals surface area contributed by atoms with Crippen LogP contribution in [0.3, 0.4) is 0 Å². The van der Waals surface area contributed by atoms with E-state index >= 15 is 0 Å². The van der Waals surface area contributed by atoms with Gasteiger partial charge in [-0.25, -0.2) is 4.52 Å². The van der Waals surface area contributed by atoms with E-state index in [0.717, 1.165) is 27.8 Å². The molecule has 4 heterocycles. The second-order valence-electron chi connectivity index (χ2n) is 8.16. The van der Waals surface area contributed by atoms with Crippen LogP contribution >= 0.6 is 0 Å². The van der Waals surface area contributed by atoms with Gasteiger partial charge in [-0.2, -0.15) is 10.2 Å². The monoisotopic (exact) mass is 431 g/mol. The number of benzene rings is 1. The number of aliphatic hydroxyl groups excluding tert-OH is 1. The van der Waals surface area contributed by atoms with Gasteiger partial charge in [-0.3, -0.25) is 9.48 Å². The molecule has 0 saturated carbocycles. The van der Waals surface area contributed by atoms with Crippen molar-refractivity contribution in [3.05, 3.63) is 77.9 Å². The zero-order chi connectivity index (χ0) is 22.1. The van der Waals surface area contributed by atoms with Crippen molar-refractivity contribution in [2.75, 3.05) is 13.2 Å². The molecule has 8 nitrogen and oxygen atoms in total. The van der Waals surface area contributed by atoms with E-state index in [9.17, 15) is 9.90 Å². The van der Waals surface area contributed by atoms with E-state index < -0.39 is 6.10 Å². The molecule has 4 aromatic rings. The summed E-state index contributed by atoms with van der Waals surface area (Å²) in [6.07, 6.45) is 6.06. The molecule has 1 fully saturated rings. The highest BCUT2D eigenvalue weighted by molar-refractivity contribution is 5.94. The summed E-state index contributed by atoms with van der Waals surface area (Å²) in [7, 11) is 1.90. The summed E-state index contributed by atoms with van der Waals surface area (Å²) >= 11 is 0. The maximum absolute atomic E-state index is 13.0. The van der Waals surface area contributed by atoms with Gasteiger partial charge in [-0.05, 0) is 47.7 Å². The van der Waals surface area contributed by atoms with Crippen LogP contribution in [0.5, 0.6) is 0 Å². The molecule has 0 aliphatic carbocycles. The van der Waals surface area contributed by atoms with Crippen molar-refractivity contribution in [1.82, 2.24) is 24.7 Å². The van der Waals surface area contributed by atoms with Crippen molar-refractivity contribution in [1.29, 1.82) is 0 Å². The van der Waals surface area contributed by atoms with Crippen LogP contribution < -0.4 is 5.32 Å². The standard InChI is InChI=1S/C24H25N5O3/c1-28-14-19(13-26-28)17-6-4-16(5-7-17)11-18-12-22(29-21(18)3-2-9-25-29)24(31)27-20-8-10-32-15-23(20)30/h2-7,9,12-14,20,23,30H,8,10-11,15H2,1H3,(H,27,31). The number of aryl methyl sites for hydroxylation is 1. The van der Waals surface area contributed by atoms with Gasteiger partial charge in [-0.15, -0.1) is 0 Å². The smallest absolute Gasteiger partial charge is 0.270 e. The highest BCUT2D eigenvalue weighted by Crippen LogP contribution is 2.23. The minimum absolute atomic E-state index is 0.235. The average Bonchev–Trinajstić information content (AvgIpc) is 3.40. The maximum Gasteiger partial charge on any atom is 0.270 e. The Labute approximate surface area is 185 Å². The molecule has 164 valence electrons. The maximum atomic E-state index is 13.0. The minimum Gasteiger partial charge on any atom is -0.389 e. The van der Waals surface area contributed by atoms with Gasteiger partial charge in [0.25, 0.3) is 5.91 Å². The van der Waals surface area contributed by atoms with Crippen LogP contribution in [-0.4, -0.2) is 55.8 Å². The second-order valence-corrected chi connectivity index (χ2v) is 8.16. The van der Waals surface area contributed by atoms with Gasteiger partial charge >= 0.3 is 0 Å². The van der Waals surface area contributed by atoms with Crippen molar-refractivity contribution >= 4 is 11.4 Å². The van der Waals surface area contributed by atoms with Crippen LogP contribution in [0.15, 0.2) is 61.1 Å². The molecule has 0 bridgehead atoms. The van der Waals surface area contributed by atoms with Gasteiger partial charge in [0.2, 0.25) is 0 Å². The van der Waals surface area contributed by atoms with Crippen molar-refractivity contribution in [3.8, 4) is 11.1 Å². The van der Waals surface area contributed by atoms with Gasteiger partial charge < -0.3 is 15.2 Å². The summed E-state index contributed by atoms with van der Waals surface area (Å²) in [5.74, 6) is -0.247. The Hall–Kier alpha value is -3.49. The molecule has 1 aliphatic heterocycles. The zero-order valence-electron chi connectivity index (χ0n) is 17.8. The van der Waals surface area contributed by atoms with Gasteiger partial charge in [0.05, 0.1) is 30.5 Å². The van der Waals surface area contributed by atoms with Crippen molar-refractivity contribution < 1.29 is 14.6 Å². The Balaban J connectivity index is 1.39. The van der Waals surface area contributed by atoms with Gasteiger partial charge in [0.1, 0.15) is 5.69 Å². The Bertz CT molecular complexity index is 1240. The third kappa shape index (κ3) is 4.02. The molecule has 2 unspecified atom stereocenters. The zero-order valence-corrected chi connectivity index (χ0v) is 17.8. The molecular weight excluding hydrogens is 406 g/mol. The number of nitrogens with one attached hydrogen (secondary N) is 1. The van der Waals surface area contributed by atoms with Crippen LogP contribution in [0.1, 0.15) is 28.0 Å². The first-order chi connectivity index (χ1) is 15.6. The number of carbonyl (C=O) groups excluding carboxylic acids is 1. The molecule has 0 radical (unpaired) electrons. The number of ether oxygens (including phenoxy) is 1. The fourth-order valence-corrected chi connectivity index (χ4v) is 4.15. The lowest BCUT2D eigenvalue weighted by molar-refractivity contribution is -0.0261. The van der Waals surface area contributed by atoms with Crippen LogP contribution in [0, 0.1) is 0 Å². The van der Waals surface area contributed by atoms with Crippen molar-refractivity contribution in [2.45, 2.75) is 25.0 Å². The van der Waals surface area contributed by atoms with E-state index in [1.54, 1.807) is 15.4 Å². The molecule has 2 atom stereocenters. The minimum atomic E-state index is -0.704. The Kier molecular flexibility index (Phi) is 5.46. The number of amides is 1. The molecule has 3 aromatic heterocycles. The average molecular weight is 431 g/mol. The molecular formula is C24H25N5O3. The summed E-state index contributed by atoms with van der Waals surface area (Å²) in [6.45, 7) is 0.758. The molecule has 32 heavy (non-hydrogen) atoms. The number of fused-ring (bicyclic) bond motifs is 1. The largest absolute Gasteiger partial charge is 0.389 e. The highest BCUT2D eigenvalue weighted by atomic mass is 16.5. The summed E-state index contributed by atoms with van der Waals surface area (Å²) < 4.78 is 8.71. The summed E-state index contributed by atoms with van der Waals surface area (Å²) in [5, 5.41) is 21.7. The molecule has 8 heteroatoms. The molecule has 1 aliphatic rings. The van der Waals surface area contributed by atoms with Gasteiger partial charge in [0, 0.05) is 31.6 Å². The SMILES string of the molecule is Cn1cc(-c2ccc(Cc3cc(C(=O)NC4CCOCC4O)n4ncccc34)cc2)cn1. The van der Waals surface area contributed by atoms with Crippen LogP contribution in [0.4, 0.5) is 0 Å². The number of aliphatic hydroxyl groups is 1. The summed E-state index contributed by atoms with van der Waals surface area (Å²) in [6, 6.07) is 13.8. The number of hydrogen-bond acceptors (Lipinski definition) is 5. The Morgan fingerprint density at radius 2 is 2.06 bits per heavy atom. The van der Waals surface area contributed by atoms with E-state index in [1.807, 2.05) is 37.6 Å². The Morgan fingerprint density at radius 3 is 2.81 bits per heavy atom. The second kappa shape index (κ2) is 8.57. The summed E-state index contributed by atoms with van der Waals surface area (Å²) in [5.41, 5.74) is 5.70. The molecule has 2 N–H and O–H groups in total. The van der Waals surface area contributed by atoms with E-state index in [2.05, 4.69) is 39.8 Å². The third-order valence-electron chi connectivity index (χ3n) is 5.88. The molecule has 5 rings (SSSR count).